The smallest absolute Gasteiger partial charge is 0.258 e. The van der Waals surface area contributed by atoms with E-state index in [9.17, 15) is 4.79 Å². The summed E-state index contributed by atoms with van der Waals surface area (Å²) in [6.45, 7) is 1.67. The van der Waals surface area contributed by atoms with Crippen molar-refractivity contribution in [1.82, 2.24) is 5.32 Å². The van der Waals surface area contributed by atoms with Crippen LogP contribution in [0, 0.1) is 11.3 Å². The molecule has 1 amide bonds. The van der Waals surface area contributed by atoms with E-state index in [1.807, 2.05) is 19.1 Å². The third-order valence-electron chi connectivity index (χ3n) is 3.65. The van der Waals surface area contributed by atoms with Crippen LogP contribution in [0.15, 0.2) is 42.5 Å². The maximum atomic E-state index is 12.1. The van der Waals surface area contributed by atoms with E-state index >= 15 is 0 Å². The van der Waals surface area contributed by atoms with Crippen LogP contribution in [0.1, 0.15) is 24.1 Å². The Kier molecular flexibility index (Phi) is 6.24. The summed E-state index contributed by atoms with van der Waals surface area (Å²) in [6, 6.07) is 13.9. The van der Waals surface area contributed by atoms with E-state index in [1.54, 1.807) is 50.6 Å². The minimum absolute atomic E-state index is 0.179. The Balaban J connectivity index is 2.00. The Morgan fingerprint density at radius 1 is 1.16 bits per heavy atom. The topological polar surface area (TPSA) is 80.6 Å². The Bertz CT molecular complexity index is 783. The molecule has 0 saturated carbocycles. The van der Waals surface area contributed by atoms with Crippen LogP contribution in [0.2, 0.25) is 0 Å². The minimum Gasteiger partial charge on any atom is -0.497 e. The molecule has 0 heterocycles. The van der Waals surface area contributed by atoms with E-state index in [0.717, 1.165) is 5.56 Å². The molecule has 0 radical (unpaired) electrons. The molecule has 0 saturated heterocycles. The van der Waals surface area contributed by atoms with Crippen molar-refractivity contribution < 1.29 is 19.0 Å². The molecule has 0 aliphatic carbocycles. The Labute approximate surface area is 146 Å². The van der Waals surface area contributed by atoms with Gasteiger partial charge in [-0.1, -0.05) is 12.1 Å². The maximum Gasteiger partial charge on any atom is 0.258 e. The second kappa shape index (κ2) is 8.60. The van der Waals surface area contributed by atoms with Gasteiger partial charge in [0.05, 0.1) is 25.8 Å². The van der Waals surface area contributed by atoms with Crippen LogP contribution in [0.25, 0.3) is 0 Å². The maximum absolute atomic E-state index is 12.1. The molecule has 6 heteroatoms. The lowest BCUT2D eigenvalue weighted by Gasteiger charge is -2.18. The van der Waals surface area contributed by atoms with Gasteiger partial charge in [-0.25, -0.2) is 0 Å². The molecule has 25 heavy (non-hydrogen) atoms. The molecule has 2 aromatic carbocycles. The van der Waals surface area contributed by atoms with E-state index in [4.69, 9.17) is 19.5 Å². The lowest BCUT2D eigenvalue weighted by atomic mass is 10.1. The van der Waals surface area contributed by atoms with E-state index in [2.05, 4.69) is 5.32 Å². The summed E-state index contributed by atoms with van der Waals surface area (Å²) in [7, 11) is 3.14. The Morgan fingerprint density at radius 2 is 1.92 bits per heavy atom. The Morgan fingerprint density at radius 3 is 2.60 bits per heavy atom. The monoisotopic (exact) mass is 340 g/mol. The number of rotatable bonds is 7. The van der Waals surface area contributed by atoms with Crippen LogP contribution < -0.4 is 19.5 Å². The SMILES string of the molecule is COc1ccc(C(C)NC(=O)COc2ccccc2C#N)c(OC)c1. The third-order valence-corrected chi connectivity index (χ3v) is 3.65. The Hall–Kier alpha value is -3.20. The fourth-order valence-corrected chi connectivity index (χ4v) is 2.37. The van der Waals surface area contributed by atoms with Gasteiger partial charge >= 0.3 is 0 Å². The van der Waals surface area contributed by atoms with Crippen LogP contribution in [-0.2, 0) is 4.79 Å². The van der Waals surface area contributed by atoms with Gasteiger partial charge in [0.1, 0.15) is 23.3 Å². The molecular formula is C19H20N2O4. The number of para-hydroxylation sites is 1. The third kappa shape index (κ3) is 4.64. The number of nitriles is 1. The molecule has 0 aliphatic rings. The van der Waals surface area contributed by atoms with Gasteiger partial charge in [0.2, 0.25) is 0 Å². The molecule has 1 unspecified atom stereocenters. The zero-order valence-corrected chi connectivity index (χ0v) is 14.4. The van der Waals surface area contributed by atoms with Crippen LogP contribution in [0.4, 0.5) is 0 Å². The van der Waals surface area contributed by atoms with Crippen molar-refractivity contribution in [2.75, 3.05) is 20.8 Å². The zero-order chi connectivity index (χ0) is 18.2. The lowest BCUT2D eigenvalue weighted by molar-refractivity contribution is -0.123. The molecule has 0 bridgehead atoms. The summed E-state index contributed by atoms with van der Waals surface area (Å²) in [4.78, 5) is 12.1. The van der Waals surface area contributed by atoms with Crippen molar-refractivity contribution in [3.8, 4) is 23.3 Å². The first kappa shape index (κ1) is 18.1. The van der Waals surface area contributed by atoms with Crippen molar-refractivity contribution in [2.45, 2.75) is 13.0 Å². The predicted octanol–water partition coefficient (Wildman–Crippen LogP) is 2.83. The molecule has 2 aromatic rings. The van der Waals surface area contributed by atoms with E-state index in [1.165, 1.54) is 0 Å². The summed E-state index contributed by atoms with van der Waals surface area (Å²) >= 11 is 0. The number of ether oxygens (including phenoxy) is 3. The quantitative estimate of drug-likeness (QED) is 0.838. The first-order valence-electron chi connectivity index (χ1n) is 7.72. The van der Waals surface area contributed by atoms with Crippen LogP contribution in [-0.4, -0.2) is 26.7 Å². The van der Waals surface area contributed by atoms with E-state index in [-0.39, 0.29) is 18.6 Å². The molecule has 130 valence electrons. The average molecular weight is 340 g/mol. The number of methoxy groups -OCH3 is 2. The highest BCUT2D eigenvalue weighted by atomic mass is 16.5. The number of hydrogen-bond acceptors (Lipinski definition) is 5. The van der Waals surface area contributed by atoms with Crippen molar-refractivity contribution in [1.29, 1.82) is 5.26 Å². The number of carbonyl (C=O) groups is 1. The first-order valence-corrected chi connectivity index (χ1v) is 7.72. The van der Waals surface area contributed by atoms with Gasteiger partial charge in [0, 0.05) is 11.6 Å². The highest BCUT2D eigenvalue weighted by Crippen LogP contribution is 2.29. The van der Waals surface area contributed by atoms with Gasteiger partial charge in [-0.3, -0.25) is 4.79 Å². The van der Waals surface area contributed by atoms with Crippen molar-refractivity contribution >= 4 is 5.91 Å². The lowest BCUT2D eigenvalue weighted by Crippen LogP contribution is -2.31. The second-order valence-corrected chi connectivity index (χ2v) is 5.29. The minimum atomic E-state index is -0.293. The number of amides is 1. The fourth-order valence-electron chi connectivity index (χ4n) is 2.37. The van der Waals surface area contributed by atoms with Crippen LogP contribution in [0.5, 0.6) is 17.2 Å². The number of nitrogens with one attached hydrogen (secondary N) is 1. The summed E-state index contributed by atoms with van der Waals surface area (Å²) in [5.74, 6) is 1.39. The van der Waals surface area contributed by atoms with Gasteiger partial charge in [0.15, 0.2) is 6.61 Å². The van der Waals surface area contributed by atoms with Gasteiger partial charge in [-0.15, -0.1) is 0 Å². The van der Waals surface area contributed by atoms with Gasteiger partial charge < -0.3 is 19.5 Å². The number of hydrogen-bond donors (Lipinski definition) is 1. The highest BCUT2D eigenvalue weighted by molar-refractivity contribution is 5.78. The van der Waals surface area contributed by atoms with E-state index in [0.29, 0.717) is 22.8 Å². The summed E-state index contributed by atoms with van der Waals surface area (Å²) in [5.41, 5.74) is 1.22. The van der Waals surface area contributed by atoms with E-state index < -0.39 is 0 Å². The molecule has 0 aromatic heterocycles. The van der Waals surface area contributed by atoms with Crippen molar-refractivity contribution in [2.24, 2.45) is 0 Å². The molecule has 6 nitrogen and oxygen atoms in total. The highest BCUT2D eigenvalue weighted by Gasteiger charge is 2.15. The average Bonchev–Trinajstić information content (AvgIpc) is 2.65. The molecule has 1 N–H and O–H groups in total. The molecule has 0 aliphatic heterocycles. The summed E-state index contributed by atoms with van der Waals surface area (Å²) < 4.78 is 16.0. The summed E-state index contributed by atoms with van der Waals surface area (Å²) in [6.07, 6.45) is 0. The molecule has 1 atom stereocenters. The normalized spacial score (nSPS) is 11.1. The van der Waals surface area contributed by atoms with Gasteiger partial charge in [-0.05, 0) is 31.2 Å². The molecular weight excluding hydrogens is 320 g/mol. The van der Waals surface area contributed by atoms with Gasteiger partial charge in [-0.2, -0.15) is 5.26 Å². The molecule has 0 spiro atoms. The molecule has 2 rings (SSSR count). The predicted molar refractivity (Wildman–Crippen MR) is 92.8 cm³/mol. The van der Waals surface area contributed by atoms with Crippen LogP contribution >= 0.6 is 0 Å². The largest absolute Gasteiger partial charge is 0.497 e. The van der Waals surface area contributed by atoms with Crippen molar-refractivity contribution in [3.63, 3.8) is 0 Å². The fraction of sp³-hybridized carbons (Fsp3) is 0.263. The number of carbonyl (C=O) groups excluding carboxylic acids is 1. The number of benzene rings is 2. The molecule has 0 fully saturated rings. The second-order valence-electron chi connectivity index (χ2n) is 5.29. The summed E-state index contributed by atoms with van der Waals surface area (Å²) in [5, 5.41) is 11.9. The van der Waals surface area contributed by atoms with Gasteiger partial charge in [0.25, 0.3) is 5.91 Å². The zero-order valence-electron chi connectivity index (χ0n) is 14.4. The standard InChI is InChI=1S/C19H20N2O4/c1-13(16-9-8-15(23-2)10-18(16)24-3)21-19(22)12-25-17-7-5-4-6-14(17)11-20/h4-10,13H,12H2,1-3H3,(H,21,22). The van der Waals surface area contributed by atoms with Crippen LogP contribution in [0.3, 0.4) is 0 Å². The van der Waals surface area contributed by atoms with Crippen molar-refractivity contribution in [3.05, 3.63) is 53.6 Å². The first-order chi connectivity index (χ1) is 12.1. The number of nitrogens with zero attached hydrogens (tertiary/aromatic N) is 1.